The van der Waals surface area contributed by atoms with Crippen LogP contribution in [0.1, 0.15) is 21.6 Å². The third-order valence-electron chi connectivity index (χ3n) is 6.24. The fraction of sp³-hybridized carbons (Fsp3) is 0.800. The number of hydrogen-bond acceptors (Lipinski definition) is 6. The van der Waals surface area contributed by atoms with Crippen LogP contribution in [-0.4, -0.2) is 64.3 Å². The lowest BCUT2D eigenvalue weighted by atomic mass is 9.50. The zero-order valence-electron chi connectivity index (χ0n) is 12.9. The maximum absolute atomic E-state index is 12.3. The quantitative estimate of drug-likeness (QED) is 0.546. The van der Waals surface area contributed by atoms with Gasteiger partial charge in [0.25, 0.3) is 0 Å². The Labute approximate surface area is 123 Å². The lowest BCUT2D eigenvalue weighted by molar-refractivity contribution is -0.244. The zero-order chi connectivity index (χ0) is 16.1. The number of ketones is 1. The molecule has 0 radical (unpaired) electrons. The van der Waals surface area contributed by atoms with Crippen molar-refractivity contribution in [1.82, 2.24) is 0 Å². The first-order valence-corrected chi connectivity index (χ1v) is 7.21. The zero-order valence-corrected chi connectivity index (χ0v) is 11.9. The molecule has 6 nitrogen and oxygen atoms in total. The molecule has 2 saturated heterocycles. The Bertz CT molecular complexity index is 585. The first kappa shape index (κ1) is 12.7. The third-order valence-corrected chi connectivity index (χ3v) is 6.24. The number of epoxide rings is 1. The predicted molar refractivity (Wildman–Crippen MR) is 70.4 cm³/mol. The van der Waals surface area contributed by atoms with Crippen LogP contribution >= 0.6 is 0 Å². The van der Waals surface area contributed by atoms with Gasteiger partial charge in [-0.05, 0) is 25.0 Å². The van der Waals surface area contributed by atoms with Crippen LogP contribution in [0.2, 0.25) is 0 Å². The second-order valence-electron chi connectivity index (χ2n) is 6.94. The lowest BCUT2D eigenvalue weighted by Crippen LogP contribution is -2.70. The number of carbonyl (C=O) groups is 1. The summed E-state index contributed by atoms with van der Waals surface area (Å²) in [7, 11) is 0. The maximum Gasteiger partial charge on any atom is 0.187 e. The SMILES string of the molecule is [2H]C(O)[C@]12[C@H](O)C(=O)C(C)=C[C@H]1O[C@@H]1[C@H](O)C[C@@]2(C)[C@]12CO2. The average molecular weight is 297 g/mol. The van der Waals surface area contributed by atoms with Gasteiger partial charge in [0.2, 0.25) is 0 Å². The van der Waals surface area contributed by atoms with Gasteiger partial charge in [0.05, 0.1) is 32.2 Å². The van der Waals surface area contributed by atoms with E-state index in [1.807, 2.05) is 0 Å². The van der Waals surface area contributed by atoms with Crippen LogP contribution in [0, 0.1) is 10.8 Å². The Morgan fingerprint density at radius 1 is 1.52 bits per heavy atom. The van der Waals surface area contributed by atoms with E-state index in [1.54, 1.807) is 19.9 Å². The van der Waals surface area contributed by atoms with E-state index in [4.69, 9.17) is 10.8 Å². The summed E-state index contributed by atoms with van der Waals surface area (Å²) in [5.74, 6) is -0.511. The summed E-state index contributed by atoms with van der Waals surface area (Å²) in [6.07, 6.45) is -1.99. The molecule has 1 unspecified atom stereocenters. The van der Waals surface area contributed by atoms with Crippen LogP contribution < -0.4 is 0 Å². The van der Waals surface area contributed by atoms with Crippen LogP contribution in [0.4, 0.5) is 0 Å². The van der Waals surface area contributed by atoms with Crippen molar-refractivity contribution in [3.63, 3.8) is 0 Å². The molecule has 0 aromatic rings. The van der Waals surface area contributed by atoms with E-state index in [0.29, 0.717) is 12.2 Å². The van der Waals surface area contributed by atoms with Crippen molar-refractivity contribution < 1.29 is 31.0 Å². The molecule has 2 heterocycles. The van der Waals surface area contributed by atoms with Crippen LogP contribution in [0.3, 0.4) is 0 Å². The third kappa shape index (κ3) is 1.22. The molecule has 1 saturated carbocycles. The van der Waals surface area contributed by atoms with Gasteiger partial charge in [-0.15, -0.1) is 0 Å². The smallest absolute Gasteiger partial charge is 0.187 e. The Hall–Kier alpha value is -0.790. The summed E-state index contributed by atoms with van der Waals surface area (Å²) >= 11 is 0. The minimum Gasteiger partial charge on any atom is -0.396 e. The monoisotopic (exact) mass is 297 g/mol. The molecule has 2 aliphatic carbocycles. The first-order chi connectivity index (χ1) is 10.2. The Kier molecular flexibility index (Phi) is 2.27. The van der Waals surface area contributed by atoms with Gasteiger partial charge in [-0.25, -0.2) is 0 Å². The van der Waals surface area contributed by atoms with E-state index in [0.717, 1.165) is 0 Å². The van der Waals surface area contributed by atoms with Gasteiger partial charge in [-0.3, -0.25) is 4.79 Å². The fourth-order valence-corrected chi connectivity index (χ4v) is 4.87. The molecule has 0 aromatic heterocycles. The highest BCUT2D eigenvalue weighted by Gasteiger charge is 2.83. The van der Waals surface area contributed by atoms with Crippen molar-refractivity contribution in [1.29, 1.82) is 0 Å². The summed E-state index contributed by atoms with van der Waals surface area (Å²) in [6, 6.07) is 0. The first-order valence-electron chi connectivity index (χ1n) is 7.78. The van der Waals surface area contributed by atoms with Gasteiger partial charge in [-0.2, -0.15) is 0 Å². The topological polar surface area (TPSA) is 99.5 Å². The highest BCUT2D eigenvalue weighted by atomic mass is 16.6. The fourth-order valence-electron chi connectivity index (χ4n) is 4.87. The van der Waals surface area contributed by atoms with Crippen molar-refractivity contribution in [3.8, 4) is 0 Å². The van der Waals surface area contributed by atoms with E-state index in [2.05, 4.69) is 0 Å². The highest BCUT2D eigenvalue weighted by molar-refractivity contribution is 6.00. The van der Waals surface area contributed by atoms with E-state index in [1.165, 1.54) is 0 Å². The number of Topliss-reactive ketones (excluding diaryl/α,β-unsaturated/α-hetero) is 1. The van der Waals surface area contributed by atoms with Gasteiger partial charge in [0, 0.05) is 5.41 Å². The molecule has 1 spiro atoms. The largest absolute Gasteiger partial charge is 0.396 e. The van der Waals surface area contributed by atoms with Crippen molar-refractivity contribution >= 4 is 5.78 Å². The van der Waals surface area contributed by atoms with E-state index in [9.17, 15) is 20.1 Å². The predicted octanol–water partition coefficient (Wildman–Crippen LogP) is -0.838. The number of carbonyl (C=O) groups excluding carboxylic acids is 1. The lowest BCUT2D eigenvalue weighted by Gasteiger charge is -2.58. The molecule has 21 heavy (non-hydrogen) atoms. The number of rotatable bonds is 1. The molecule has 3 N–H and O–H groups in total. The molecule has 3 fully saturated rings. The standard InChI is InChI=1S/C15H20O6/c1-7-3-9-14(5-16,11(19)10(7)18)13(2)4-8(17)12(21-9)15(13)6-20-15/h3,8-9,11-12,16-17,19H,4-6H2,1-2H3/t8-,9-,11-,12-,13-,14-,15+/m1/s1/i5D/t5?,8-,9-,11-,12-,13-,14-,15+. The molecule has 4 rings (SSSR count). The number of aliphatic hydroxyl groups excluding tert-OH is 3. The van der Waals surface area contributed by atoms with Crippen molar-refractivity contribution in [2.45, 2.75) is 50.3 Å². The molecule has 0 aromatic carbocycles. The number of aliphatic hydroxyl groups is 3. The highest BCUT2D eigenvalue weighted by Crippen LogP contribution is 2.70. The number of ether oxygens (including phenoxy) is 2. The number of hydrogen-bond donors (Lipinski definition) is 3. The summed E-state index contributed by atoms with van der Waals surface area (Å²) in [5, 5.41) is 31.4. The van der Waals surface area contributed by atoms with E-state index >= 15 is 0 Å². The molecule has 6 heteroatoms. The molecular formula is C15H20O6. The second kappa shape index (κ2) is 3.75. The second-order valence-corrected chi connectivity index (χ2v) is 6.94. The van der Waals surface area contributed by atoms with E-state index in [-0.39, 0.29) is 6.42 Å². The molecule has 116 valence electrons. The average Bonchev–Trinajstić information content (AvgIpc) is 3.19. The Morgan fingerprint density at radius 3 is 2.76 bits per heavy atom. The summed E-state index contributed by atoms with van der Waals surface area (Å²) < 4.78 is 19.6. The van der Waals surface area contributed by atoms with Crippen LogP contribution in [0.15, 0.2) is 11.6 Å². The molecule has 8 atom stereocenters. The minimum absolute atomic E-state index is 0.210. The van der Waals surface area contributed by atoms with Crippen LogP contribution in [0.5, 0.6) is 0 Å². The maximum atomic E-state index is 12.3. The summed E-state index contributed by atoms with van der Waals surface area (Å²) in [5.41, 5.74) is -2.97. The van der Waals surface area contributed by atoms with E-state index < -0.39 is 53.2 Å². The van der Waals surface area contributed by atoms with Gasteiger partial charge in [0.15, 0.2) is 5.78 Å². The van der Waals surface area contributed by atoms with Crippen molar-refractivity contribution in [3.05, 3.63) is 11.6 Å². The van der Waals surface area contributed by atoms with Crippen molar-refractivity contribution in [2.75, 3.05) is 13.2 Å². The molecule has 4 aliphatic rings. The van der Waals surface area contributed by atoms with Crippen molar-refractivity contribution in [2.24, 2.45) is 10.8 Å². The molecule has 2 aliphatic heterocycles. The number of fused-ring (bicyclic) bond motifs is 2. The Balaban J connectivity index is 1.98. The van der Waals surface area contributed by atoms with Crippen LogP contribution in [0.25, 0.3) is 0 Å². The minimum atomic E-state index is -1.74. The van der Waals surface area contributed by atoms with Gasteiger partial charge in [0.1, 0.15) is 17.8 Å². The molecule has 2 bridgehead atoms. The van der Waals surface area contributed by atoms with Gasteiger partial charge < -0.3 is 24.8 Å². The summed E-state index contributed by atoms with van der Waals surface area (Å²) in [4.78, 5) is 12.3. The van der Waals surface area contributed by atoms with Crippen LogP contribution in [-0.2, 0) is 14.3 Å². The molecule has 0 amide bonds. The normalized spacial score (nSPS) is 60.3. The summed E-state index contributed by atoms with van der Waals surface area (Å²) in [6.45, 7) is 1.95. The van der Waals surface area contributed by atoms with Gasteiger partial charge >= 0.3 is 0 Å². The van der Waals surface area contributed by atoms with Gasteiger partial charge in [-0.1, -0.05) is 6.92 Å². The molecular weight excluding hydrogens is 276 g/mol. The Morgan fingerprint density at radius 2 is 2.19 bits per heavy atom.